The van der Waals surface area contributed by atoms with Gasteiger partial charge in [-0.05, 0) is 49.7 Å². The molecule has 1 amide bonds. The van der Waals surface area contributed by atoms with Gasteiger partial charge in [-0.25, -0.2) is 0 Å². The number of carboxylic acids is 1. The van der Waals surface area contributed by atoms with E-state index in [9.17, 15) is 14.7 Å². The van der Waals surface area contributed by atoms with Crippen LogP contribution in [0.2, 0.25) is 0 Å². The topological polar surface area (TPSA) is 66.4 Å². The minimum absolute atomic E-state index is 0.127. The van der Waals surface area contributed by atoms with Crippen LogP contribution in [-0.4, -0.2) is 17.0 Å². The van der Waals surface area contributed by atoms with E-state index in [1.165, 1.54) is 0 Å². The van der Waals surface area contributed by atoms with Crippen LogP contribution in [-0.2, 0) is 9.59 Å². The molecule has 3 aliphatic rings. The molecule has 1 aromatic carbocycles. The number of aliphatic carboxylic acids is 1. The van der Waals surface area contributed by atoms with Gasteiger partial charge in [-0.15, -0.1) is 0 Å². The SMILES string of the molecule is O=C(O)[C@@H]1C2CCC(CC2)[C@@H]1C(=O)Nc1ccccc1. The molecular weight excluding hydrogens is 254 g/mol. The van der Waals surface area contributed by atoms with Crippen LogP contribution in [0.1, 0.15) is 25.7 Å². The highest BCUT2D eigenvalue weighted by atomic mass is 16.4. The van der Waals surface area contributed by atoms with Crippen molar-refractivity contribution >= 4 is 17.6 Å². The highest BCUT2D eigenvalue weighted by Gasteiger charge is 2.50. The van der Waals surface area contributed by atoms with E-state index in [4.69, 9.17) is 0 Å². The van der Waals surface area contributed by atoms with Crippen LogP contribution in [0.3, 0.4) is 0 Å². The van der Waals surface area contributed by atoms with Crippen LogP contribution in [0.25, 0.3) is 0 Å². The van der Waals surface area contributed by atoms with Crippen molar-refractivity contribution in [3.8, 4) is 0 Å². The summed E-state index contributed by atoms with van der Waals surface area (Å²) in [5, 5.41) is 12.3. The molecule has 4 nitrogen and oxygen atoms in total. The predicted molar refractivity (Wildman–Crippen MR) is 75.1 cm³/mol. The highest BCUT2D eigenvalue weighted by molar-refractivity contribution is 5.95. The van der Waals surface area contributed by atoms with Crippen molar-refractivity contribution in [3.05, 3.63) is 30.3 Å². The Labute approximate surface area is 118 Å². The summed E-state index contributed by atoms with van der Waals surface area (Å²) in [7, 11) is 0. The van der Waals surface area contributed by atoms with Crippen molar-refractivity contribution in [3.63, 3.8) is 0 Å². The van der Waals surface area contributed by atoms with Gasteiger partial charge >= 0.3 is 5.97 Å². The molecule has 20 heavy (non-hydrogen) atoms. The van der Waals surface area contributed by atoms with Crippen molar-refractivity contribution in [1.29, 1.82) is 0 Å². The first-order valence-corrected chi connectivity index (χ1v) is 7.25. The number of anilines is 1. The first kappa shape index (κ1) is 13.2. The molecule has 0 radical (unpaired) electrons. The molecule has 3 fully saturated rings. The van der Waals surface area contributed by atoms with E-state index in [1.54, 1.807) is 0 Å². The van der Waals surface area contributed by atoms with Gasteiger partial charge in [-0.1, -0.05) is 18.2 Å². The zero-order valence-electron chi connectivity index (χ0n) is 11.3. The van der Waals surface area contributed by atoms with Crippen LogP contribution in [0, 0.1) is 23.7 Å². The van der Waals surface area contributed by atoms with Crippen molar-refractivity contribution in [2.24, 2.45) is 23.7 Å². The first-order valence-electron chi connectivity index (χ1n) is 7.25. The molecule has 0 saturated heterocycles. The number of carbonyl (C=O) groups excluding carboxylic acids is 1. The van der Waals surface area contributed by atoms with E-state index in [0.29, 0.717) is 0 Å². The number of hydrogen-bond acceptors (Lipinski definition) is 2. The molecule has 4 heteroatoms. The van der Waals surface area contributed by atoms with E-state index in [-0.39, 0.29) is 23.7 Å². The Kier molecular flexibility index (Phi) is 3.47. The summed E-state index contributed by atoms with van der Waals surface area (Å²) in [6.45, 7) is 0. The minimum atomic E-state index is -0.812. The molecule has 1 aromatic rings. The fourth-order valence-corrected chi connectivity index (χ4v) is 3.93. The zero-order valence-corrected chi connectivity index (χ0v) is 11.3. The maximum atomic E-state index is 12.5. The average Bonchev–Trinajstić information content (AvgIpc) is 2.48. The van der Waals surface area contributed by atoms with Crippen molar-refractivity contribution in [2.45, 2.75) is 25.7 Å². The minimum Gasteiger partial charge on any atom is -0.481 e. The maximum absolute atomic E-state index is 12.5. The fourth-order valence-electron chi connectivity index (χ4n) is 3.93. The van der Waals surface area contributed by atoms with E-state index >= 15 is 0 Å². The van der Waals surface area contributed by atoms with Gasteiger partial charge < -0.3 is 10.4 Å². The largest absolute Gasteiger partial charge is 0.481 e. The quantitative estimate of drug-likeness (QED) is 0.890. The molecule has 3 saturated carbocycles. The van der Waals surface area contributed by atoms with Crippen LogP contribution in [0.15, 0.2) is 30.3 Å². The van der Waals surface area contributed by atoms with Crippen molar-refractivity contribution in [1.82, 2.24) is 0 Å². The third-order valence-electron chi connectivity index (χ3n) is 4.85. The van der Waals surface area contributed by atoms with Gasteiger partial charge in [0.05, 0.1) is 11.8 Å². The third kappa shape index (κ3) is 2.30. The van der Waals surface area contributed by atoms with E-state index in [1.807, 2.05) is 30.3 Å². The smallest absolute Gasteiger partial charge is 0.307 e. The molecule has 0 aliphatic heterocycles. The zero-order chi connectivity index (χ0) is 14.1. The summed E-state index contributed by atoms with van der Waals surface area (Å²) in [5.41, 5.74) is 0.739. The summed E-state index contributed by atoms with van der Waals surface area (Å²) in [6, 6.07) is 9.26. The molecule has 106 valence electrons. The molecule has 2 atom stereocenters. The van der Waals surface area contributed by atoms with E-state index < -0.39 is 11.9 Å². The number of para-hydroxylation sites is 1. The van der Waals surface area contributed by atoms with Gasteiger partial charge in [0.25, 0.3) is 0 Å². The molecule has 4 rings (SSSR count). The lowest BCUT2D eigenvalue weighted by Gasteiger charge is -2.45. The van der Waals surface area contributed by atoms with Gasteiger partial charge in [-0.2, -0.15) is 0 Å². The summed E-state index contributed by atoms with van der Waals surface area (Å²) >= 11 is 0. The number of carbonyl (C=O) groups is 2. The fraction of sp³-hybridized carbons (Fsp3) is 0.500. The molecule has 0 spiro atoms. The molecule has 2 N–H and O–H groups in total. The summed E-state index contributed by atoms with van der Waals surface area (Å²) < 4.78 is 0. The predicted octanol–water partition coefficient (Wildman–Crippen LogP) is 2.76. The Balaban J connectivity index is 1.80. The lowest BCUT2D eigenvalue weighted by molar-refractivity contribution is -0.156. The molecule has 0 heterocycles. The number of amides is 1. The van der Waals surface area contributed by atoms with Gasteiger partial charge in [0.15, 0.2) is 0 Å². The average molecular weight is 273 g/mol. The monoisotopic (exact) mass is 273 g/mol. The third-order valence-corrected chi connectivity index (χ3v) is 4.85. The molecular formula is C16H19NO3. The van der Waals surface area contributed by atoms with Crippen LogP contribution >= 0.6 is 0 Å². The second kappa shape index (κ2) is 5.27. The van der Waals surface area contributed by atoms with E-state index in [2.05, 4.69) is 5.32 Å². The highest BCUT2D eigenvalue weighted by Crippen LogP contribution is 2.49. The lowest BCUT2D eigenvalue weighted by Crippen LogP contribution is -2.49. The standard InChI is InChI=1S/C16H19NO3/c18-15(17-12-4-2-1-3-5-12)13-10-6-8-11(9-7-10)14(13)16(19)20/h1-5,10-11,13-14H,6-9H2,(H,17,18)(H,19,20)/t10?,11?,13-,14+/m0/s1. The van der Waals surface area contributed by atoms with Crippen molar-refractivity contribution in [2.75, 3.05) is 5.32 Å². The number of fused-ring (bicyclic) bond motifs is 3. The Bertz CT molecular complexity index is 506. The first-order chi connectivity index (χ1) is 9.66. The molecule has 2 bridgehead atoms. The number of carboxylic acid groups (broad SMARTS) is 1. The number of hydrogen-bond donors (Lipinski definition) is 2. The van der Waals surface area contributed by atoms with Gasteiger partial charge in [0, 0.05) is 5.69 Å². The van der Waals surface area contributed by atoms with Gasteiger partial charge in [-0.3, -0.25) is 9.59 Å². The maximum Gasteiger partial charge on any atom is 0.307 e. The second-order valence-corrected chi connectivity index (χ2v) is 5.92. The van der Waals surface area contributed by atoms with Gasteiger partial charge in [0.2, 0.25) is 5.91 Å². The van der Waals surface area contributed by atoms with Crippen LogP contribution in [0.5, 0.6) is 0 Å². The number of nitrogens with one attached hydrogen (secondary N) is 1. The molecule has 0 aromatic heterocycles. The molecule has 3 aliphatic carbocycles. The Morgan fingerprint density at radius 1 is 0.950 bits per heavy atom. The van der Waals surface area contributed by atoms with Gasteiger partial charge in [0.1, 0.15) is 0 Å². The van der Waals surface area contributed by atoms with E-state index in [0.717, 1.165) is 31.4 Å². The Morgan fingerprint density at radius 2 is 1.50 bits per heavy atom. The summed E-state index contributed by atoms with van der Waals surface area (Å²) in [4.78, 5) is 24.0. The van der Waals surface area contributed by atoms with Crippen LogP contribution in [0.4, 0.5) is 5.69 Å². The van der Waals surface area contributed by atoms with Crippen molar-refractivity contribution < 1.29 is 14.7 Å². The number of benzene rings is 1. The normalized spacial score (nSPS) is 31.8. The summed E-state index contributed by atoms with van der Waals surface area (Å²) in [6.07, 6.45) is 3.89. The Morgan fingerprint density at radius 3 is 2.05 bits per heavy atom. The van der Waals surface area contributed by atoms with Crippen LogP contribution < -0.4 is 5.32 Å². The number of rotatable bonds is 3. The lowest BCUT2D eigenvalue weighted by atomic mass is 9.58. The summed E-state index contributed by atoms with van der Waals surface area (Å²) in [5.74, 6) is -1.43. The second-order valence-electron chi connectivity index (χ2n) is 5.92. The molecule has 0 unspecified atom stereocenters. The Hall–Kier alpha value is -1.84.